The van der Waals surface area contributed by atoms with E-state index in [0.29, 0.717) is 24.9 Å². The minimum atomic E-state index is -0.0378. The quantitative estimate of drug-likeness (QED) is 0.645. The van der Waals surface area contributed by atoms with Crippen molar-refractivity contribution in [2.75, 3.05) is 26.0 Å². The van der Waals surface area contributed by atoms with Crippen LogP contribution in [0.25, 0.3) is 0 Å². The number of hydrogen-bond acceptors (Lipinski definition) is 4. The Morgan fingerprint density at radius 1 is 1.12 bits per heavy atom. The zero-order valence-electron chi connectivity index (χ0n) is 16.1. The second-order valence-corrected chi connectivity index (χ2v) is 7.21. The molecule has 0 radical (unpaired) electrons. The van der Waals surface area contributed by atoms with Crippen LogP contribution in [0.15, 0.2) is 39.9 Å². The van der Waals surface area contributed by atoms with Gasteiger partial charge in [0.1, 0.15) is 5.76 Å². The molecule has 0 aliphatic carbocycles. The third kappa shape index (κ3) is 5.52. The predicted octanol–water partition coefficient (Wildman–Crippen LogP) is 2.90. The maximum Gasteiger partial charge on any atom is 0.213 e. The fraction of sp³-hybridized carbons (Fsp3) is 0.474. The molecule has 2 rings (SSSR count). The summed E-state index contributed by atoms with van der Waals surface area (Å²) in [5.74, 6) is 2.25. The number of anilines is 1. The van der Waals surface area contributed by atoms with Crippen molar-refractivity contribution < 1.29 is 4.42 Å². The van der Waals surface area contributed by atoms with Gasteiger partial charge in [-0.2, -0.15) is 0 Å². The number of nitrogens with one attached hydrogen (secondary N) is 2. The van der Waals surface area contributed by atoms with Crippen molar-refractivity contribution in [2.45, 2.75) is 39.3 Å². The molecular formula is C19H29N5O. The van der Waals surface area contributed by atoms with E-state index < -0.39 is 0 Å². The fourth-order valence-corrected chi connectivity index (χ4v) is 2.22. The lowest BCUT2D eigenvalue weighted by Crippen LogP contribution is -2.36. The van der Waals surface area contributed by atoms with Gasteiger partial charge in [0.2, 0.25) is 5.89 Å². The van der Waals surface area contributed by atoms with Crippen molar-refractivity contribution in [3.05, 3.63) is 47.7 Å². The number of rotatable bonds is 5. The SMILES string of the molecule is CN=C(NCc1ccc(N(C)C)cc1)NCc1ncc(C(C)(C)C)o1. The van der Waals surface area contributed by atoms with E-state index in [4.69, 9.17) is 4.42 Å². The van der Waals surface area contributed by atoms with Crippen LogP contribution in [0.5, 0.6) is 0 Å². The highest BCUT2D eigenvalue weighted by Gasteiger charge is 2.19. The Labute approximate surface area is 150 Å². The first-order chi connectivity index (χ1) is 11.8. The highest BCUT2D eigenvalue weighted by molar-refractivity contribution is 5.79. The molecule has 1 aromatic heterocycles. The molecule has 0 fully saturated rings. The zero-order chi connectivity index (χ0) is 18.4. The normalized spacial score (nSPS) is 12.2. The fourth-order valence-electron chi connectivity index (χ4n) is 2.22. The molecule has 1 heterocycles. The molecule has 0 amide bonds. The molecule has 0 bridgehead atoms. The van der Waals surface area contributed by atoms with Crippen LogP contribution in [0.3, 0.4) is 0 Å². The van der Waals surface area contributed by atoms with Crippen LogP contribution in [-0.2, 0) is 18.5 Å². The number of hydrogen-bond donors (Lipinski definition) is 2. The largest absolute Gasteiger partial charge is 0.443 e. The highest BCUT2D eigenvalue weighted by atomic mass is 16.4. The standard InChI is InChI=1S/C19H29N5O/c1-19(2,3)16-12-21-17(25-16)13-23-18(20-4)22-11-14-7-9-15(10-8-14)24(5)6/h7-10,12H,11,13H2,1-6H3,(H2,20,22,23). The van der Waals surface area contributed by atoms with Crippen LogP contribution in [-0.4, -0.2) is 32.1 Å². The van der Waals surface area contributed by atoms with Crippen LogP contribution in [0, 0.1) is 0 Å². The Morgan fingerprint density at radius 2 is 1.76 bits per heavy atom. The average Bonchev–Trinajstić information content (AvgIpc) is 3.04. The lowest BCUT2D eigenvalue weighted by atomic mass is 9.94. The summed E-state index contributed by atoms with van der Waals surface area (Å²) >= 11 is 0. The Hall–Kier alpha value is -2.50. The molecule has 2 N–H and O–H groups in total. The van der Waals surface area contributed by atoms with E-state index >= 15 is 0 Å². The maximum absolute atomic E-state index is 5.78. The Kier molecular flexibility index (Phi) is 6.07. The van der Waals surface area contributed by atoms with Gasteiger partial charge in [0, 0.05) is 38.8 Å². The lowest BCUT2D eigenvalue weighted by molar-refractivity contribution is 0.379. The summed E-state index contributed by atoms with van der Waals surface area (Å²) in [5.41, 5.74) is 2.34. The summed E-state index contributed by atoms with van der Waals surface area (Å²) in [6.07, 6.45) is 1.79. The summed E-state index contributed by atoms with van der Waals surface area (Å²) < 4.78 is 5.78. The Balaban J connectivity index is 1.85. The second kappa shape index (κ2) is 8.05. The number of nitrogens with zero attached hydrogens (tertiary/aromatic N) is 3. The van der Waals surface area contributed by atoms with Gasteiger partial charge in [0.15, 0.2) is 5.96 Å². The van der Waals surface area contributed by atoms with Gasteiger partial charge in [0.05, 0.1) is 12.7 Å². The van der Waals surface area contributed by atoms with Gasteiger partial charge < -0.3 is 20.0 Å². The van der Waals surface area contributed by atoms with Gasteiger partial charge in [-0.3, -0.25) is 4.99 Å². The molecule has 1 aromatic carbocycles. The maximum atomic E-state index is 5.78. The van der Waals surface area contributed by atoms with Gasteiger partial charge in [-0.05, 0) is 17.7 Å². The first-order valence-corrected chi connectivity index (χ1v) is 8.45. The Bertz CT molecular complexity index is 695. The van der Waals surface area contributed by atoms with Crippen molar-refractivity contribution in [2.24, 2.45) is 4.99 Å². The van der Waals surface area contributed by atoms with Crippen molar-refractivity contribution in [1.29, 1.82) is 0 Å². The number of oxazole rings is 1. The molecule has 136 valence electrons. The predicted molar refractivity (Wildman–Crippen MR) is 103 cm³/mol. The first kappa shape index (κ1) is 18.8. The molecule has 0 spiro atoms. The van der Waals surface area contributed by atoms with Crippen LogP contribution in [0.4, 0.5) is 5.69 Å². The molecule has 6 nitrogen and oxygen atoms in total. The minimum absolute atomic E-state index is 0.0378. The molecule has 0 atom stereocenters. The van der Waals surface area contributed by atoms with Crippen molar-refractivity contribution in [3.8, 4) is 0 Å². The second-order valence-electron chi connectivity index (χ2n) is 7.21. The molecular weight excluding hydrogens is 314 g/mol. The smallest absolute Gasteiger partial charge is 0.213 e. The zero-order valence-corrected chi connectivity index (χ0v) is 16.1. The van der Waals surface area contributed by atoms with E-state index in [1.165, 1.54) is 11.3 Å². The number of guanidine groups is 1. The molecule has 25 heavy (non-hydrogen) atoms. The van der Waals surface area contributed by atoms with Crippen LogP contribution in [0.1, 0.15) is 38.0 Å². The van der Waals surface area contributed by atoms with Crippen LogP contribution >= 0.6 is 0 Å². The summed E-state index contributed by atoms with van der Waals surface area (Å²) in [7, 11) is 5.82. The molecule has 2 aromatic rings. The molecule has 0 aliphatic heterocycles. The van der Waals surface area contributed by atoms with Gasteiger partial charge in [-0.1, -0.05) is 32.9 Å². The van der Waals surface area contributed by atoms with E-state index in [9.17, 15) is 0 Å². The molecule has 6 heteroatoms. The van der Waals surface area contributed by atoms with Gasteiger partial charge >= 0.3 is 0 Å². The van der Waals surface area contributed by atoms with E-state index in [0.717, 1.165) is 5.76 Å². The third-order valence-corrected chi connectivity index (χ3v) is 3.84. The first-order valence-electron chi connectivity index (χ1n) is 8.45. The monoisotopic (exact) mass is 343 g/mol. The van der Waals surface area contributed by atoms with Gasteiger partial charge in [-0.25, -0.2) is 4.98 Å². The van der Waals surface area contributed by atoms with Crippen molar-refractivity contribution in [3.63, 3.8) is 0 Å². The average molecular weight is 343 g/mol. The molecule has 0 saturated heterocycles. The van der Waals surface area contributed by atoms with E-state index in [2.05, 4.69) is 70.5 Å². The van der Waals surface area contributed by atoms with Gasteiger partial charge in [0.25, 0.3) is 0 Å². The molecule has 0 saturated carbocycles. The number of benzene rings is 1. The van der Waals surface area contributed by atoms with Gasteiger partial charge in [-0.15, -0.1) is 0 Å². The number of aromatic nitrogens is 1. The number of aliphatic imine (C=N–C) groups is 1. The topological polar surface area (TPSA) is 65.7 Å². The van der Waals surface area contributed by atoms with Crippen LogP contribution in [0.2, 0.25) is 0 Å². The van der Waals surface area contributed by atoms with Crippen LogP contribution < -0.4 is 15.5 Å². The third-order valence-electron chi connectivity index (χ3n) is 3.84. The van der Waals surface area contributed by atoms with E-state index in [1.807, 2.05) is 14.1 Å². The summed E-state index contributed by atoms with van der Waals surface area (Å²) in [4.78, 5) is 10.6. The lowest BCUT2D eigenvalue weighted by Gasteiger charge is -2.14. The Morgan fingerprint density at radius 3 is 2.28 bits per heavy atom. The van der Waals surface area contributed by atoms with E-state index in [1.54, 1.807) is 13.2 Å². The van der Waals surface area contributed by atoms with Crippen molar-refractivity contribution >= 4 is 11.6 Å². The summed E-state index contributed by atoms with van der Waals surface area (Å²) in [6.45, 7) is 7.51. The van der Waals surface area contributed by atoms with Crippen molar-refractivity contribution in [1.82, 2.24) is 15.6 Å². The molecule has 0 unspecified atom stereocenters. The minimum Gasteiger partial charge on any atom is -0.443 e. The van der Waals surface area contributed by atoms with E-state index in [-0.39, 0.29) is 5.41 Å². The summed E-state index contributed by atoms with van der Waals surface area (Å²) in [5, 5.41) is 6.52. The highest BCUT2D eigenvalue weighted by Crippen LogP contribution is 2.22. The molecule has 0 aliphatic rings. The summed E-state index contributed by atoms with van der Waals surface area (Å²) in [6, 6.07) is 8.43.